The maximum Gasteiger partial charge on any atom is 0.222 e. The Bertz CT molecular complexity index is 404. The van der Waals surface area contributed by atoms with Gasteiger partial charge in [-0.1, -0.05) is 43.7 Å². The summed E-state index contributed by atoms with van der Waals surface area (Å²) < 4.78 is 0. The molecular weight excluding hydrogens is 240 g/mol. The summed E-state index contributed by atoms with van der Waals surface area (Å²) in [4.78, 5) is 23.0. The fourth-order valence-electron chi connectivity index (χ4n) is 1.85. The van der Waals surface area contributed by atoms with E-state index < -0.39 is 0 Å². The summed E-state index contributed by atoms with van der Waals surface area (Å²) >= 11 is 0. The van der Waals surface area contributed by atoms with Crippen LogP contribution in [0.2, 0.25) is 0 Å². The highest BCUT2D eigenvalue weighted by Gasteiger charge is 2.16. The lowest BCUT2D eigenvalue weighted by Crippen LogP contribution is -2.33. The molecule has 1 unspecified atom stereocenters. The van der Waals surface area contributed by atoms with Gasteiger partial charge in [-0.3, -0.25) is 9.59 Å². The first-order chi connectivity index (χ1) is 9.13. The van der Waals surface area contributed by atoms with Crippen molar-refractivity contribution in [2.75, 3.05) is 6.54 Å². The Morgan fingerprint density at radius 1 is 1.21 bits per heavy atom. The van der Waals surface area contributed by atoms with Gasteiger partial charge in [0.25, 0.3) is 0 Å². The van der Waals surface area contributed by atoms with Gasteiger partial charge in [-0.15, -0.1) is 0 Å². The van der Waals surface area contributed by atoms with Crippen LogP contribution in [0.15, 0.2) is 30.3 Å². The van der Waals surface area contributed by atoms with E-state index in [1.807, 2.05) is 30.3 Å². The number of amides is 2. The second-order valence-corrected chi connectivity index (χ2v) is 4.57. The van der Waals surface area contributed by atoms with Gasteiger partial charge in [-0.25, -0.2) is 0 Å². The summed E-state index contributed by atoms with van der Waals surface area (Å²) in [7, 11) is 0. The van der Waals surface area contributed by atoms with Crippen molar-refractivity contribution >= 4 is 11.8 Å². The Hall–Kier alpha value is -1.84. The molecule has 2 N–H and O–H groups in total. The standard InChI is InChI=1S/C15H22N2O2/c1-3-4-10-16-15(19)11-14(17-12(2)18)13-8-6-5-7-9-13/h5-9,14H,3-4,10-11H2,1-2H3,(H,16,19)(H,17,18). The molecule has 0 saturated carbocycles. The monoisotopic (exact) mass is 262 g/mol. The highest BCUT2D eigenvalue weighted by molar-refractivity contribution is 5.79. The molecule has 0 bridgehead atoms. The van der Waals surface area contributed by atoms with Crippen molar-refractivity contribution in [2.24, 2.45) is 0 Å². The smallest absolute Gasteiger partial charge is 0.222 e. The quantitative estimate of drug-likeness (QED) is 0.740. The third kappa shape index (κ3) is 6.04. The number of hydrogen-bond acceptors (Lipinski definition) is 2. The van der Waals surface area contributed by atoms with Crippen LogP contribution in [-0.4, -0.2) is 18.4 Å². The fourth-order valence-corrected chi connectivity index (χ4v) is 1.85. The molecule has 2 amide bonds. The molecule has 0 aliphatic heterocycles. The summed E-state index contributed by atoms with van der Waals surface area (Å²) in [5.41, 5.74) is 0.948. The molecule has 0 aromatic heterocycles. The zero-order valence-corrected chi connectivity index (χ0v) is 11.6. The minimum absolute atomic E-state index is 0.0314. The third-order valence-electron chi connectivity index (χ3n) is 2.82. The molecule has 4 nitrogen and oxygen atoms in total. The molecule has 0 heterocycles. The van der Waals surface area contributed by atoms with E-state index in [1.54, 1.807) is 0 Å². The van der Waals surface area contributed by atoms with Crippen molar-refractivity contribution in [1.29, 1.82) is 0 Å². The van der Waals surface area contributed by atoms with E-state index in [0.717, 1.165) is 18.4 Å². The first-order valence-electron chi connectivity index (χ1n) is 6.72. The molecule has 1 atom stereocenters. The lowest BCUT2D eigenvalue weighted by molar-refractivity contribution is -0.122. The van der Waals surface area contributed by atoms with E-state index in [4.69, 9.17) is 0 Å². The van der Waals surface area contributed by atoms with Crippen LogP contribution in [-0.2, 0) is 9.59 Å². The predicted molar refractivity (Wildman–Crippen MR) is 75.5 cm³/mol. The average Bonchev–Trinajstić information content (AvgIpc) is 2.39. The normalized spacial score (nSPS) is 11.7. The Morgan fingerprint density at radius 3 is 2.47 bits per heavy atom. The highest BCUT2D eigenvalue weighted by Crippen LogP contribution is 2.16. The van der Waals surface area contributed by atoms with Crippen LogP contribution in [0.4, 0.5) is 0 Å². The van der Waals surface area contributed by atoms with Gasteiger partial charge in [0.15, 0.2) is 0 Å². The summed E-state index contributed by atoms with van der Waals surface area (Å²) in [6.45, 7) is 4.23. The molecule has 4 heteroatoms. The number of hydrogen-bond donors (Lipinski definition) is 2. The maximum atomic E-state index is 11.8. The second kappa shape index (κ2) is 8.29. The molecule has 1 rings (SSSR count). The molecule has 0 aliphatic carbocycles. The van der Waals surface area contributed by atoms with Gasteiger partial charge < -0.3 is 10.6 Å². The van der Waals surface area contributed by atoms with Crippen LogP contribution < -0.4 is 10.6 Å². The van der Waals surface area contributed by atoms with Gasteiger partial charge in [0, 0.05) is 13.5 Å². The van der Waals surface area contributed by atoms with E-state index in [9.17, 15) is 9.59 Å². The van der Waals surface area contributed by atoms with Crippen LogP contribution in [0.25, 0.3) is 0 Å². The molecule has 19 heavy (non-hydrogen) atoms. The van der Waals surface area contributed by atoms with E-state index in [-0.39, 0.29) is 24.3 Å². The lowest BCUT2D eigenvalue weighted by Gasteiger charge is -2.18. The lowest BCUT2D eigenvalue weighted by atomic mass is 10.0. The number of carbonyl (C=O) groups is 2. The summed E-state index contributed by atoms with van der Waals surface area (Å²) in [5.74, 6) is -0.161. The van der Waals surface area contributed by atoms with E-state index in [2.05, 4.69) is 17.6 Å². The summed E-state index contributed by atoms with van der Waals surface area (Å²) in [5, 5.41) is 5.68. The van der Waals surface area contributed by atoms with Crippen molar-refractivity contribution in [2.45, 2.75) is 39.2 Å². The van der Waals surface area contributed by atoms with Gasteiger partial charge in [-0.2, -0.15) is 0 Å². The zero-order valence-electron chi connectivity index (χ0n) is 11.6. The SMILES string of the molecule is CCCCNC(=O)CC(NC(C)=O)c1ccccc1. The average molecular weight is 262 g/mol. The Labute approximate surface area is 114 Å². The number of nitrogens with one attached hydrogen (secondary N) is 2. The zero-order chi connectivity index (χ0) is 14.1. The topological polar surface area (TPSA) is 58.2 Å². The predicted octanol–water partition coefficient (Wildman–Crippen LogP) is 2.17. The molecule has 0 aliphatic rings. The minimum atomic E-state index is -0.264. The number of carbonyl (C=O) groups excluding carboxylic acids is 2. The van der Waals surface area contributed by atoms with Crippen LogP contribution in [0.5, 0.6) is 0 Å². The van der Waals surface area contributed by atoms with E-state index >= 15 is 0 Å². The molecule has 0 fully saturated rings. The Balaban J connectivity index is 2.60. The maximum absolute atomic E-state index is 11.8. The molecule has 0 spiro atoms. The summed E-state index contributed by atoms with van der Waals surface area (Å²) in [6, 6.07) is 9.29. The van der Waals surface area contributed by atoms with Crippen molar-refractivity contribution < 1.29 is 9.59 Å². The molecule has 0 radical (unpaired) electrons. The van der Waals surface area contributed by atoms with Crippen LogP contribution in [0, 0.1) is 0 Å². The Morgan fingerprint density at radius 2 is 1.89 bits per heavy atom. The minimum Gasteiger partial charge on any atom is -0.356 e. The number of benzene rings is 1. The molecular formula is C15H22N2O2. The van der Waals surface area contributed by atoms with Gasteiger partial charge in [0.2, 0.25) is 11.8 Å². The molecule has 1 aromatic rings. The van der Waals surface area contributed by atoms with Gasteiger partial charge in [-0.05, 0) is 12.0 Å². The van der Waals surface area contributed by atoms with Gasteiger partial charge in [0.1, 0.15) is 0 Å². The first-order valence-corrected chi connectivity index (χ1v) is 6.72. The van der Waals surface area contributed by atoms with Crippen LogP contribution in [0.1, 0.15) is 44.7 Å². The first kappa shape index (κ1) is 15.2. The van der Waals surface area contributed by atoms with Crippen molar-refractivity contribution in [1.82, 2.24) is 10.6 Å². The number of rotatable bonds is 7. The van der Waals surface area contributed by atoms with Gasteiger partial charge >= 0.3 is 0 Å². The molecule has 0 saturated heterocycles. The molecule has 104 valence electrons. The Kier molecular flexibility index (Phi) is 6.64. The van der Waals surface area contributed by atoms with Crippen molar-refractivity contribution in [3.8, 4) is 0 Å². The fraction of sp³-hybridized carbons (Fsp3) is 0.467. The van der Waals surface area contributed by atoms with E-state index in [0.29, 0.717) is 6.54 Å². The molecule has 1 aromatic carbocycles. The van der Waals surface area contributed by atoms with Crippen molar-refractivity contribution in [3.05, 3.63) is 35.9 Å². The van der Waals surface area contributed by atoms with Crippen LogP contribution >= 0.6 is 0 Å². The highest BCUT2D eigenvalue weighted by atomic mass is 16.2. The second-order valence-electron chi connectivity index (χ2n) is 4.57. The third-order valence-corrected chi connectivity index (χ3v) is 2.82. The van der Waals surface area contributed by atoms with Gasteiger partial charge in [0.05, 0.1) is 12.5 Å². The largest absolute Gasteiger partial charge is 0.356 e. The van der Waals surface area contributed by atoms with Crippen LogP contribution in [0.3, 0.4) is 0 Å². The van der Waals surface area contributed by atoms with E-state index in [1.165, 1.54) is 6.92 Å². The van der Waals surface area contributed by atoms with Crippen molar-refractivity contribution in [3.63, 3.8) is 0 Å². The number of unbranched alkanes of at least 4 members (excludes halogenated alkanes) is 1. The summed E-state index contributed by atoms with van der Waals surface area (Å²) in [6.07, 6.45) is 2.29.